The molecule has 0 spiro atoms. The molecule has 0 fully saturated rings. The van der Waals surface area contributed by atoms with E-state index in [0.717, 1.165) is 28.6 Å². The summed E-state index contributed by atoms with van der Waals surface area (Å²) < 4.78 is 1.94. The van der Waals surface area contributed by atoms with E-state index in [-0.39, 0.29) is 24.0 Å². The Bertz CT molecular complexity index is 1170. The Kier molecular flexibility index (Phi) is 5.97. The third-order valence-corrected chi connectivity index (χ3v) is 5.79. The Morgan fingerprint density at radius 2 is 1.76 bits per heavy atom. The molecule has 3 aromatic rings. The molecule has 174 valence electrons. The number of benzene rings is 1. The van der Waals surface area contributed by atoms with Crippen LogP contribution in [0.3, 0.4) is 0 Å². The van der Waals surface area contributed by atoms with Crippen molar-refractivity contribution in [3.8, 4) is 0 Å². The van der Waals surface area contributed by atoms with Gasteiger partial charge in [-0.2, -0.15) is 10.1 Å². The number of aryl methyl sites for hydroxylation is 1. The van der Waals surface area contributed by atoms with Gasteiger partial charge in [0.1, 0.15) is 17.7 Å². The van der Waals surface area contributed by atoms with Crippen LogP contribution in [-0.2, 0) is 4.79 Å². The molecule has 4 rings (SSSR count). The number of aromatic nitrogens is 4. The van der Waals surface area contributed by atoms with Gasteiger partial charge in [0.25, 0.3) is 0 Å². The number of likely N-dealkylation sites (N-methyl/N-ethyl adjacent to an activating group) is 1. The second kappa shape index (κ2) is 8.73. The predicted molar refractivity (Wildman–Crippen MR) is 133 cm³/mol. The number of fused-ring (bicyclic) bond motifs is 1. The topological polar surface area (TPSA) is 91.2 Å². The molecule has 0 saturated carbocycles. The van der Waals surface area contributed by atoms with E-state index >= 15 is 0 Å². The van der Waals surface area contributed by atoms with Crippen LogP contribution >= 0.6 is 0 Å². The fraction of sp³-hybridized carbons (Fsp3) is 0.417. The van der Waals surface area contributed by atoms with Crippen molar-refractivity contribution in [2.45, 2.75) is 59.7 Å². The van der Waals surface area contributed by atoms with Gasteiger partial charge in [0, 0.05) is 37.1 Å². The smallest absolute Gasteiger partial charge is 0.249 e. The molecule has 1 unspecified atom stereocenters. The van der Waals surface area contributed by atoms with Crippen molar-refractivity contribution in [1.29, 1.82) is 0 Å². The van der Waals surface area contributed by atoms with Crippen LogP contribution in [0.25, 0.3) is 0 Å². The molecule has 9 nitrogen and oxygen atoms in total. The van der Waals surface area contributed by atoms with Crippen molar-refractivity contribution in [3.63, 3.8) is 0 Å². The second-order valence-corrected chi connectivity index (χ2v) is 9.00. The van der Waals surface area contributed by atoms with E-state index in [4.69, 9.17) is 0 Å². The highest BCUT2D eigenvalue weighted by molar-refractivity contribution is 6.05. The molecule has 2 aromatic heterocycles. The number of carbonyl (C=O) groups is 1. The molecule has 9 heteroatoms. The van der Waals surface area contributed by atoms with E-state index in [2.05, 4.69) is 64.4 Å². The van der Waals surface area contributed by atoms with Crippen LogP contribution in [-0.4, -0.2) is 44.8 Å². The minimum absolute atomic E-state index is 0.0925. The van der Waals surface area contributed by atoms with Crippen molar-refractivity contribution in [2.24, 2.45) is 0 Å². The lowest BCUT2D eigenvalue weighted by molar-refractivity contribution is -0.119. The standard InChI is InChI=1S/C24H32N8O/c1-14(2)31-17(6)23(33)30(7)19-9-8-18(13-20(19)31)26-24-25-11-10-21(28-24)27-22-12-16(5)29-32(22)15(3)4/h8-15,17H,1-7H3,(H2,25,26,27,28). The van der Waals surface area contributed by atoms with Crippen molar-refractivity contribution < 1.29 is 4.79 Å². The zero-order chi connectivity index (χ0) is 23.9. The summed E-state index contributed by atoms with van der Waals surface area (Å²) in [4.78, 5) is 25.6. The van der Waals surface area contributed by atoms with Gasteiger partial charge in [0.2, 0.25) is 11.9 Å². The Labute approximate surface area is 194 Å². The fourth-order valence-corrected chi connectivity index (χ4v) is 4.30. The molecule has 0 bridgehead atoms. The summed E-state index contributed by atoms with van der Waals surface area (Å²) in [7, 11) is 1.82. The number of hydrogen-bond acceptors (Lipinski definition) is 7. The van der Waals surface area contributed by atoms with Gasteiger partial charge in [0.05, 0.1) is 17.1 Å². The zero-order valence-corrected chi connectivity index (χ0v) is 20.3. The molecule has 3 heterocycles. The number of carbonyl (C=O) groups excluding carboxylic acids is 1. The molecule has 0 aliphatic carbocycles. The highest BCUT2D eigenvalue weighted by Gasteiger charge is 2.34. The van der Waals surface area contributed by atoms with Gasteiger partial charge in [0.15, 0.2) is 0 Å². The fourth-order valence-electron chi connectivity index (χ4n) is 4.30. The Hall–Kier alpha value is -3.62. The number of rotatable bonds is 6. The van der Waals surface area contributed by atoms with Crippen molar-refractivity contribution >= 4 is 40.6 Å². The summed E-state index contributed by atoms with van der Waals surface area (Å²) in [5, 5.41) is 11.2. The van der Waals surface area contributed by atoms with Crippen molar-refractivity contribution in [1.82, 2.24) is 19.7 Å². The van der Waals surface area contributed by atoms with Crippen LogP contribution in [0.4, 0.5) is 34.6 Å². The number of amides is 1. The molecule has 1 atom stereocenters. The van der Waals surface area contributed by atoms with Crippen LogP contribution in [0, 0.1) is 6.92 Å². The van der Waals surface area contributed by atoms with Gasteiger partial charge in [-0.05, 0) is 65.8 Å². The number of nitrogens with zero attached hydrogens (tertiary/aromatic N) is 6. The summed E-state index contributed by atoms with van der Waals surface area (Å²) in [5.41, 5.74) is 3.70. The first-order valence-corrected chi connectivity index (χ1v) is 11.3. The molecular weight excluding hydrogens is 416 g/mol. The van der Waals surface area contributed by atoms with Gasteiger partial charge in [-0.1, -0.05) is 0 Å². The zero-order valence-electron chi connectivity index (χ0n) is 20.3. The third kappa shape index (κ3) is 4.35. The summed E-state index contributed by atoms with van der Waals surface area (Å²) >= 11 is 0. The van der Waals surface area contributed by atoms with E-state index in [1.54, 1.807) is 11.1 Å². The van der Waals surface area contributed by atoms with Crippen molar-refractivity contribution in [3.05, 3.63) is 42.2 Å². The van der Waals surface area contributed by atoms with E-state index in [0.29, 0.717) is 11.8 Å². The first kappa shape index (κ1) is 22.6. The average Bonchev–Trinajstić information content (AvgIpc) is 3.12. The summed E-state index contributed by atoms with van der Waals surface area (Å²) in [5.74, 6) is 2.14. The van der Waals surface area contributed by atoms with E-state index in [1.165, 1.54) is 0 Å². The molecule has 33 heavy (non-hydrogen) atoms. The van der Waals surface area contributed by atoms with E-state index in [9.17, 15) is 4.79 Å². The maximum absolute atomic E-state index is 12.7. The lowest BCUT2D eigenvalue weighted by Gasteiger charge is -2.42. The molecule has 0 radical (unpaired) electrons. The molecule has 0 saturated heterocycles. The predicted octanol–water partition coefficient (Wildman–Crippen LogP) is 4.63. The maximum atomic E-state index is 12.7. The van der Waals surface area contributed by atoms with Crippen LogP contribution in [0.5, 0.6) is 0 Å². The third-order valence-electron chi connectivity index (χ3n) is 5.79. The quantitative estimate of drug-likeness (QED) is 0.568. The van der Waals surface area contributed by atoms with Gasteiger partial charge in [-0.15, -0.1) is 0 Å². The largest absolute Gasteiger partial charge is 0.356 e. The second-order valence-electron chi connectivity index (χ2n) is 9.00. The van der Waals surface area contributed by atoms with E-state index < -0.39 is 0 Å². The van der Waals surface area contributed by atoms with Crippen molar-refractivity contribution in [2.75, 3.05) is 27.5 Å². The molecule has 1 aliphatic heterocycles. The molecule has 1 aromatic carbocycles. The lowest BCUT2D eigenvalue weighted by atomic mass is 10.0. The maximum Gasteiger partial charge on any atom is 0.249 e. The van der Waals surface area contributed by atoms with Crippen LogP contribution in [0.15, 0.2) is 36.5 Å². The minimum Gasteiger partial charge on any atom is -0.356 e. The summed E-state index contributed by atoms with van der Waals surface area (Å²) in [6.07, 6.45) is 1.72. The highest BCUT2D eigenvalue weighted by Crippen LogP contribution is 2.39. The van der Waals surface area contributed by atoms with E-state index in [1.807, 2.05) is 49.8 Å². The van der Waals surface area contributed by atoms with Gasteiger partial charge >= 0.3 is 0 Å². The average molecular weight is 449 g/mol. The highest BCUT2D eigenvalue weighted by atomic mass is 16.2. The molecule has 2 N–H and O–H groups in total. The minimum atomic E-state index is -0.226. The van der Waals surface area contributed by atoms with Crippen LogP contribution in [0.2, 0.25) is 0 Å². The summed E-state index contributed by atoms with van der Waals surface area (Å²) in [6.45, 7) is 12.3. The Morgan fingerprint density at radius 3 is 2.45 bits per heavy atom. The Balaban J connectivity index is 1.60. The van der Waals surface area contributed by atoms with Gasteiger partial charge in [-0.25, -0.2) is 9.67 Å². The Morgan fingerprint density at radius 1 is 1.00 bits per heavy atom. The molecular formula is C24H32N8O. The molecule has 1 amide bonds. The monoisotopic (exact) mass is 448 g/mol. The number of nitrogens with one attached hydrogen (secondary N) is 2. The first-order chi connectivity index (χ1) is 15.7. The molecule has 1 aliphatic rings. The van der Waals surface area contributed by atoms with Crippen LogP contribution in [0.1, 0.15) is 46.4 Å². The van der Waals surface area contributed by atoms with Gasteiger partial charge in [-0.3, -0.25) is 4.79 Å². The normalized spacial score (nSPS) is 15.9. The van der Waals surface area contributed by atoms with Crippen LogP contribution < -0.4 is 20.4 Å². The number of anilines is 6. The SMILES string of the molecule is Cc1cc(Nc2ccnc(Nc3ccc4c(c3)N(C(C)C)C(C)C(=O)N4C)n2)n(C(C)C)n1. The van der Waals surface area contributed by atoms with Gasteiger partial charge < -0.3 is 20.4 Å². The first-order valence-electron chi connectivity index (χ1n) is 11.3. The number of hydrogen-bond donors (Lipinski definition) is 2. The lowest BCUT2D eigenvalue weighted by Crippen LogP contribution is -2.53. The summed E-state index contributed by atoms with van der Waals surface area (Å²) in [6, 6.07) is 9.97.